The maximum atomic E-state index is 11.2. The molecule has 0 atom stereocenters. The largest absolute Gasteiger partial charge is 0.351 e. The molecule has 1 rings (SSSR count). The van der Waals surface area contributed by atoms with Crippen LogP contribution in [0.2, 0.25) is 0 Å². The molecule has 17 heavy (non-hydrogen) atoms. The minimum atomic E-state index is -0.132. The standard InChI is InChI=1S/C14H28N2O/c1-12(17)15-13(2,3)11-14(4,5)16-9-7-6-8-10-16/h6-11H2,1-5H3,(H,15,17). The van der Waals surface area contributed by atoms with Gasteiger partial charge in [0.25, 0.3) is 0 Å². The normalized spacial score (nSPS) is 19.1. The molecular weight excluding hydrogens is 212 g/mol. The molecule has 1 heterocycles. The molecule has 0 aromatic heterocycles. The average molecular weight is 240 g/mol. The SMILES string of the molecule is CC(=O)NC(C)(C)CC(C)(C)N1CCCCC1. The monoisotopic (exact) mass is 240 g/mol. The highest BCUT2D eigenvalue weighted by atomic mass is 16.1. The summed E-state index contributed by atoms with van der Waals surface area (Å²) in [5, 5.41) is 3.05. The molecule has 1 saturated heterocycles. The van der Waals surface area contributed by atoms with Crippen molar-refractivity contribution < 1.29 is 4.79 Å². The lowest BCUT2D eigenvalue weighted by atomic mass is 9.84. The number of nitrogens with one attached hydrogen (secondary N) is 1. The lowest BCUT2D eigenvalue weighted by molar-refractivity contribution is -0.120. The van der Waals surface area contributed by atoms with Crippen molar-refractivity contribution in [2.75, 3.05) is 13.1 Å². The third-order valence-corrected chi connectivity index (χ3v) is 3.60. The summed E-state index contributed by atoms with van der Waals surface area (Å²) < 4.78 is 0. The van der Waals surface area contributed by atoms with E-state index in [1.807, 2.05) is 0 Å². The maximum absolute atomic E-state index is 11.2. The Bertz CT molecular complexity index is 265. The summed E-state index contributed by atoms with van der Waals surface area (Å²) >= 11 is 0. The van der Waals surface area contributed by atoms with Gasteiger partial charge in [0.05, 0.1) is 0 Å². The minimum Gasteiger partial charge on any atom is -0.351 e. The van der Waals surface area contributed by atoms with Gasteiger partial charge in [-0.3, -0.25) is 9.69 Å². The van der Waals surface area contributed by atoms with Crippen LogP contribution < -0.4 is 5.32 Å². The van der Waals surface area contributed by atoms with Gasteiger partial charge in [0.2, 0.25) is 5.91 Å². The van der Waals surface area contributed by atoms with E-state index >= 15 is 0 Å². The first-order valence-electron chi connectivity index (χ1n) is 6.77. The van der Waals surface area contributed by atoms with Crippen molar-refractivity contribution in [2.45, 2.75) is 71.4 Å². The third-order valence-electron chi connectivity index (χ3n) is 3.60. The molecule has 0 spiro atoms. The van der Waals surface area contributed by atoms with Gasteiger partial charge in [0.1, 0.15) is 0 Å². The summed E-state index contributed by atoms with van der Waals surface area (Å²) in [5.74, 6) is 0.0597. The van der Waals surface area contributed by atoms with Crippen LogP contribution in [0.15, 0.2) is 0 Å². The van der Waals surface area contributed by atoms with Crippen LogP contribution in [-0.4, -0.2) is 35.0 Å². The van der Waals surface area contributed by atoms with Gasteiger partial charge in [0, 0.05) is 18.0 Å². The van der Waals surface area contributed by atoms with Crippen LogP contribution in [0.1, 0.15) is 60.3 Å². The molecule has 0 radical (unpaired) electrons. The zero-order valence-corrected chi connectivity index (χ0v) is 12.1. The van der Waals surface area contributed by atoms with Crippen LogP contribution in [0.5, 0.6) is 0 Å². The van der Waals surface area contributed by atoms with Gasteiger partial charge in [-0.2, -0.15) is 0 Å². The quantitative estimate of drug-likeness (QED) is 0.819. The average Bonchev–Trinajstić information content (AvgIpc) is 2.15. The Kier molecular flexibility index (Phi) is 4.59. The Balaban J connectivity index is 2.60. The topological polar surface area (TPSA) is 32.3 Å². The number of piperidine rings is 1. The molecule has 100 valence electrons. The Morgan fingerprint density at radius 3 is 2.12 bits per heavy atom. The third kappa shape index (κ3) is 4.66. The Morgan fingerprint density at radius 2 is 1.65 bits per heavy atom. The minimum absolute atomic E-state index is 0.0597. The number of hydrogen-bond acceptors (Lipinski definition) is 2. The molecule has 0 saturated carbocycles. The molecule has 1 N–H and O–H groups in total. The molecule has 1 aliphatic rings. The molecule has 1 fully saturated rings. The van der Waals surface area contributed by atoms with E-state index in [4.69, 9.17) is 0 Å². The van der Waals surface area contributed by atoms with Gasteiger partial charge in [-0.1, -0.05) is 6.42 Å². The van der Waals surface area contributed by atoms with Gasteiger partial charge in [0.15, 0.2) is 0 Å². The number of amides is 1. The van der Waals surface area contributed by atoms with Gasteiger partial charge < -0.3 is 5.32 Å². The second-order valence-electron chi connectivity index (χ2n) is 6.60. The first-order chi connectivity index (χ1) is 7.73. The lowest BCUT2D eigenvalue weighted by Gasteiger charge is -2.45. The molecule has 0 aromatic carbocycles. The van der Waals surface area contributed by atoms with Crippen LogP contribution in [0, 0.1) is 0 Å². The van der Waals surface area contributed by atoms with E-state index in [0.29, 0.717) is 0 Å². The summed E-state index contributed by atoms with van der Waals surface area (Å²) in [5.41, 5.74) is 0.0269. The van der Waals surface area contributed by atoms with Gasteiger partial charge >= 0.3 is 0 Å². The molecule has 0 unspecified atom stereocenters. The molecule has 0 aliphatic carbocycles. The fraction of sp³-hybridized carbons (Fsp3) is 0.929. The fourth-order valence-corrected chi connectivity index (χ4v) is 3.21. The highest BCUT2D eigenvalue weighted by Gasteiger charge is 2.34. The van der Waals surface area contributed by atoms with Crippen LogP contribution in [0.4, 0.5) is 0 Å². The van der Waals surface area contributed by atoms with Gasteiger partial charge in [-0.05, 0) is 60.0 Å². The van der Waals surface area contributed by atoms with Crippen LogP contribution in [0.25, 0.3) is 0 Å². The van der Waals surface area contributed by atoms with Crippen LogP contribution >= 0.6 is 0 Å². The Labute approximate surface area is 106 Å². The summed E-state index contributed by atoms with van der Waals surface area (Å²) in [4.78, 5) is 13.8. The molecular formula is C14H28N2O. The van der Waals surface area contributed by atoms with E-state index in [0.717, 1.165) is 6.42 Å². The van der Waals surface area contributed by atoms with Crippen LogP contribution in [-0.2, 0) is 4.79 Å². The summed E-state index contributed by atoms with van der Waals surface area (Å²) in [6.45, 7) is 12.8. The summed E-state index contributed by atoms with van der Waals surface area (Å²) in [6, 6.07) is 0. The zero-order chi connectivity index (χ0) is 13.1. The fourth-order valence-electron chi connectivity index (χ4n) is 3.21. The predicted molar refractivity (Wildman–Crippen MR) is 72.0 cm³/mol. The second-order valence-corrected chi connectivity index (χ2v) is 6.60. The highest BCUT2D eigenvalue weighted by Crippen LogP contribution is 2.28. The van der Waals surface area contributed by atoms with Gasteiger partial charge in [-0.15, -0.1) is 0 Å². The van der Waals surface area contributed by atoms with Crippen LogP contribution in [0.3, 0.4) is 0 Å². The van der Waals surface area contributed by atoms with E-state index in [9.17, 15) is 4.79 Å². The van der Waals surface area contributed by atoms with Crippen molar-refractivity contribution in [1.82, 2.24) is 10.2 Å². The summed E-state index contributed by atoms with van der Waals surface area (Å²) in [6.07, 6.45) is 4.97. The second kappa shape index (κ2) is 5.38. The number of nitrogens with zero attached hydrogens (tertiary/aromatic N) is 1. The van der Waals surface area contributed by atoms with Crippen molar-refractivity contribution in [3.05, 3.63) is 0 Å². The van der Waals surface area contributed by atoms with Crippen molar-refractivity contribution in [3.8, 4) is 0 Å². The Morgan fingerprint density at radius 1 is 1.12 bits per heavy atom. The highest BCUT2D eigenvalue weighted by molar-refractivity contribution is 5.73. The lowest BCUT2D eigenvalue weighted by Crippen LogP contribution is -2.54. The molecule has 0 bridgehead atoms. The summed E-state index contributed by atoms with van der Waals surface area (Å²) in [7, 11) is 0. The smallest absolute Gasteiger partial charge is 0.217 e. The number of hydrogen-bond donors (Lipinski definition) is 1. The van der Waals surface area contributed by atoms with E-state index in [-0.39, 0.29) is 17.0 Å². The predicted octanol–water partition coefficient (Wildman–Crippen LogP) is 2.56. The number of likely N-dealkylation sites (tertiary alicyclic amines) is 1. The number of rotatable bonds is 4. The van der Waals surface area contributed by atoms with Crippen molar-refractivity contribution in [1.29, 1.82) is 0 Å². The molecule has 0 aromatic rings. The van der Waals surface area contributed by atoms with Gasteiger partial charge in [-0.25, -0.2) is 0 Å². The molecule has 1 amide bonds. The number of carbonyl (C=O) groups excluding carboxylic acids is 1. The molecule has 3 heteroatoms. The maximum Gasteiger partial charge on any atom is 0.217 e. The molecule has 3 nitrogen and oxygen atoms in total. The van der Waals surface area contributed by atoms with Crippen molar-refractivity contribution in [2.24, 2.45) is 0 Å². The first kappa shape index (κ1) is 14.5. The Hall–Kier alpha value is -0.570. The van der Waals surface area contributed by atoms with Crippen molar-refractivity contribution in [3.63, 3.8) is 0 Å². The number of carbonyl (C=O) groups is 1. The zero-order valence-electron chi connectivity index (χ0n) is 12.1. The van der Waals surface area contributed by atoms with E-state index in [1.165, 1.54) is 32.4 Å². The van der Waals surface area contributed by atoms with E-state index < -0.39 is 0 Å². The van der Waals surface area contributed by atoms with Crippen molar-refractivity contribution >= 4 is 5.91 Å². The molecule has 1 aliphatic heterocycles. The van der Waals surface area contributed by atoms with E-state index in [2.05, 4.69) is 37.9 Å². The van der Waals surface area contributed by atoms with E-state index in [1.54, 1.807) is 6.92 Å². The first-order valence-corrected chi connectivity index (χ1v) is 6.77.